The Balaban J connectivity index is 2.27. The van der Waals surface area contributed by atoms with Gasteiger partial charge in [-0.1, -0.05) is 33.3 Å². The maximum absolute atomic E-state index is 11.1. The van der Waals surface area contributed by atoms with Crippen LogP contribution in [0.15, 0.2) is 46.9 Å². The number of halogens is 1. The van der Waals surface area contributed by atoms with E-state index in [1.165, 1.54) is 6.07 Å². The number of hydrogen-bond donors (Lipinski definition) is 1. The Bertz CT molecular complexity index is 782. The van der Waals surface area contributed by atoms with E-state index in [0.717, 1.165) is 10.2 Å². The van der Waals surface area contributed by atoms with Crippen LogP contribution in [0, 0.1) is 0 Å². The highest BCUT2D eigenvalue weighted by Gasteiger charge is 2.14. The Morgan fingerprint density at radius 1 is 1.21 bits per heavy atom. The number of benzene rings is 2. The average Bonchev–Trinajstić information content (AvgIpc) is 2.82. The number of hydrogen-bond acceptors (Lipinski definition) is 3. The van der Waals surface area contributed by atoms with Crippen molar-refractivity contribution in [1.29, 1.82) is 0 Å². The average molecular weight is 318 g/mol. The van der Waals surface area contributed by atoms with Crippen LogP contribution in [-0.2, 0) is 0 Å². The Hall–Kier alpha value is -2.21. The second-order valence-corrected chi connectivity index (χ2v) is 4.88. The first-order valence-electron chi connectivity index (χ1n) is 5.50. The van der Waals surface area contributed by atoms with E-state index in [1.807, 2.05) is 24.3 Å². The monoisotopic (exact) mass is 317 g/mol. The third-order valence-electron chi connectivity index (χ3n) is 2.76. The first-order valence-corrected chi connectivity index (χ1v) is 6.30. The van der Waals surface area contributed by atoms with Crippen LogP contribution < -0.4 is 0 Å². The fraction of sp³-hybridized carbons (Fsp3) is 0. The predicted octanol–water partition coefficient (Wildman–Crippen LogP) is 2.88. The molecule has 0 aliphatic carbocycles. The highest BCUT2D eigenvalue weighted by Crippen LogP contribution is 2.21. The minimum atomic E-state index is -1.01. The zero-order valence-corrected chi connectivity index (χ0v) is 11.2. The van der Waals surface area contributed by atoms with E-state index >= 15 is 0 Å². The summed E-state index contributed by atoms with van der Waals surface area (Å²) in [5, 5.41) is 17.1. The van der Waals surface area contributed by atoms with Gasteiger partial charge in [0.15, 0.2) is 0 Å². The summed E-state index contributed by atoms with van der Waals surface area (Å²) in [6.45, 7) is 0. The molecule has 0 radical (unpaired) electrons. The maximum Gasteiger partial charge on any atom is 0.338 e. The molecule has 5 nitrogen and oxygen atoms in total. The van der Waals surface area contributed by atoms with Crippen molar-refractivity contribution < 1.29 is 9.90 Å². The van der Waals surface area contributed by atoms with Crippen molar-refractivity contribution in [2.75, 3.05) is 0 Å². The van der Waals surface area contributed by atoms with Crippen LogP contribution in [-0.4, -0.2) is 26.1 Å². The molecule has 3 rings (SSSR count). The molecule has 1 aromatic heterocycles. The molecule has 0 aliphatic rings. The quantitative estimate of drug-likeness (QED) is 0.789. The highest BCUT2D eigenvalue weighted by molar-refractivity contribution is 9.10. The first kappa shape index (κ1) is 11.9. The summed E-state index contributed by atoms with van der Waals surface area (Å²) in [4.78, 5) is 11.1. The molecular formula is C13H8BrN3O2. The SMILES string of the molecule is O=C(O)c1cccc2c1nnn2-c1cccc(Br)c1. The Morgan fingerprint density at radius 2 is 2.00 bits per heavy atom. The number of nitrogens with zero attached hydrogens (tertiary/aromatic N) is 3. The number of aromatic nitrogens is 3. The molecule has 0 saturated heterocycles. The summed E-state index contributed by atoms with van der Waals surface area (Å²) in [6.07, 6.45) is 0. The standard InChI is InChI=1S/C13H8BrN3O2/c14-8-3-1-4-9(7-8)17-11-6-2-5-10(13(18)19)12(11)15-16-17/h1-7H,(H,18,19). The Morgan fingerprint density at radius 3 is 2.74 bits per heavy atom. The summed E-state index contributed by atoms with van der Waals surface area (Å²) in [5.41, 5.74) is 2.02. The van der Waals surface area contributed by atoms with Crippen molar-refractivity contribution in [3.63, 3.8) is 0 Å². The number of carboxylic acid groups (broad SMARTS) is 1. The molecule has 0 bridgehead atoms. The first-order chi connectivity index (χ1) is 9.16. The fourth-order valence-electron chi connectivity index (χ4n) is 1.92. The third kappa shape index (κ3) is 2.00. The summed E-state index contributed by atoms with van der Waals surface area (Å²) in [6, 6.07) is 12.6. The minimum absolute atomic E-state index is 0.152. The molecule has 0 atom stereocenters. The minimum Gasteiger partial charge on any atom is -0.478 e. The van der Waals surface area contributed by atoms with Crippen molar-refractivity contribution in [2.24, 2.45) is 0 Å². The molecule has 3 aromatic rings. The molecule has 6 heteroatoms. The van der Waals surface area contributed by atoms with Crippen molar-refractivity contribution >= 4 is 32.9 Å². The van der Waals surface area contributed by atoms with Crippen molar-refractivity contribution in [2.45, 2.75) is 0 Å². The Kier molecular flexibility index (Phi) is 2.79. The summed E-state index contributed by atoms with van der Waals surface area (Å²) in [5.74, 6) is -1.01. The number of aromatic carboxylic acids is 1. The highest BCUT2D eigenvalue weighted by atomic mass is 79.9. The molecule has 0 fully saturated rings. The third-order valence-corrected chi connectivity index (χ3v) is 3.25. The van der Waals surface area contributed by atoms with Crippen molar-refractivity contribution in [3.05, 3.63) is 52.5 Å². The van der Waals surface area contributed by atoms with E-state index in [9.17, 15) is 4.79 Å². The van der Waals surface area contributed by atoms with E-state index in [2.05, 4.69) is 26.2 Å². The summed E-state index contributed by atoms with van der Waals surface area (Å²) in [7, 11) is 0. The van der Waals surface area contributed by atoms with E-state index in [-0.39, 0.29) is 5.56 Å². The van der Waals surface area contributed by atoms with Gasteiger partial charge in [-0.2, -0.15) is 0 Å². The number of fused-ring (bicyclic) bond motifs is 1. The molecular weight excluding hydrogens is 310 g/mol. The molecule has 0 aliphatic heterocycles. The maximum atomic E-state index is 11.1. The van der Waals surface area contributed by atoms with Gasteiger partial charge in [-0.3, -0.25) is 0 Å². The molecule has 19 heavy (non-hydrogen) atoms. The van der Waals surface area contributed by atoms with Gasteiger partial charge in [-0.15, -0.1) is 5.10 Å². The van der Waals surface area contributed by atoms with Gasteiger partial charge < -0.3 is 5.11 Å². The molecule has 2 aromatic carbocycles. The smallest absolute Gasteiger partial charge is 0.338 e. The summed E-state index contributed by atoms with van der Waals surface area (Å²) >= 11 is 3.39. The Labute approximate surface area is 116 Å². The van der Waals surface area contributed by atoms with E-state index < -0.39 is 5.97 Å². The van der Waals surface area contributed by atoms with Crippen LogP contribution in [0.3, 0.4) is 0 Å². The second kappa shape index (κ2) is 4.47. The molecule has 0 saturated carbocycles. The van der Waals surface area contributed by atoms with Gasteiger partial charge >= 0.3 is 5.97 Å². The largest absolute Gasteiger partial charge is 0.478 e. The molecule has 0 unspecified atom stereocenters. The van der Waals surface area contributed by atoms with Gasteiger partial charge in [0, 0.05) is 4.47 Å². The van der Waals surface area contributed by atoms with Crippen LogP contribution >= 0.6 is 15.9 Å². The van der Waals surface area contributed by atoms with Crippen LogP contribution in [0.2, 0.25) is 0 Å². The number of rotatable bonds is 2. The van der Waals surface area contributed by atoms with Gasteiger partial charge in [0.2, 0.25) is 0 Å². The lowest BCUT2D eigenvalue weighted by atomic mass is 10.2. The zero-order chi connectivity index (χ0) is 13.4. The van der Waals surface area contributed by atoms with Gasteiger partial charge in [-0.05, 0) is 30.3 Å². The fourth-order valence-corrected chi connectivity index (χ4v) is 2.30. The van der Waals surface area contributed by atoms with Crippen molar-refractivity contribution in [3.8, 4) is 5.69 Å². The second-order valence-electron chi connectivity index (χ2n) is 3.96. The lowest BCUT2D eigenvalue weighted by Crippen LogP contribution is -1.98. The lowest BCUT2D eigenvalue weighted by Gasteiger charge is -2.02. The van der Waals surface area contributed by atoms with E-state index in [4.69, 9.17) is 5.11 Å². The topological polar surface area (TPSA) is 68.0 Å². The molecule has 1 heterocycles. The lowest BCUT2D eigenvalue weighted by molar-refractivity contribution is 0.0699. The summed E-state index contributed by atoms with van der Waals surface area (Å²) < 4.78 is 2.54. The van der Waals surface area contributed by atoms with Crippen LogP contribution in [0.25, 0.3) is 16.7 Å². The number of carboxylic acids is 1. The van der Waals surface area contributed by atoms with Gasteiger partial charge in [0.25, 0.3) is 0 Å². The zero-order valence-electron chi connectivity index (χ0n) is 9.62. The molecule has 0 spiro atoms. The van der Waals surface area contributed by atoms with Crippen LogP contribution in [0.4, 0.5) is 0 Å². The van der Waals surface area contributed by atoms with Crippen LogP contribution in [0.1, 0.15) is 10.4 Å². The van der Waals surface area contributed by atoms with E-state index in [1.54, 1.807) is 16.8 Å². The molecule has 94 valence electrons. The van der Waals surface area contributed by atoms with Gasteiger partial charge in [-0.25, -0.2) is 9.48 Å². The molecule has 0 amide bonds. The van der Waals surface area contributed by atoms with Crippen molar-refractivity contribution in [1.82, 2.24) is 15.0 Å². The molecule has 1 N–H and O–H groups in total. The van der Waals surface area contributed by atoms with E-state index in [0.29, 0.717) is 11.0 Å². The van der Waals surface area contributed by atoms with Crippen LogP contribution in [0.5, 0.6) is 0 Å². The number of carbonyl (C=O) groups is 1. The predicted molar refractivity (Wildman–Crippen MR) is 73.5 cm³/mol. The normalized spacial score (nSPS) is 10.8. The van der Waals surface area contributed by atoms with Gasteiger partial charge in [0.05, 0.1) is 16.8 Å². The van der Waals surface area contributed by atoms with Gasteiger partial charge in [0.1, 0.15) is 5.52 Å².